The largest absolute Gasteiger partial charge is 0.490 e. The molecule has 2 aromatic rings. The fourth-order valence-corrected chi connectivity index (χ4v) is 3.24. The Labute approximate surface area is 141 Å². The number of piperidine rings is 1. The fourth-order valence-electron chi connectivity index (χ4n) is 3.11. The maximum atomic E-state index is 11.3. The number of para-hydroxylation sites is 1. The van der Waals surface area contributed by atoms with Crippen LogP contribution in [0.5, 0.6) is 5.75 Å². The molecular weight excluding hydrogens is 310 g/mol. The van der Waals surface area contributed by atoms with Crippen molar-refractivity contribution in [3.05, 3.63) is 58.6 Å². The van der Waals surface area contributed by atoms with E-state index in [9.17, 15) is 4.79 Å². The van der Waals surface area contributed by atoms with E-state index in [0.29, 0.717) is 5.02 Å². The summed E-state index contributed by atoms with van der Waals surface area (Å²) in [4.78, 5) is 13.6. The molecule has 0 N–H and O–H groups in total. The molecule has 23 heavy (non-hydrogen) atoms. The minimum absolute atomic E-state index is 0.205. The summed E-state index contributed by atoms with van der Waals surface area (Å²) >= 11 is 5.89. The van der Waals surface area contributed by atoms with Crippen molar-refractivity contribution < 1.29 is 9.53 Å². The van der Waals surface area contributed by atoms with Crippen LogP contribution in [0.15, 0.2) is 42.5 Å². The van der Waals surface area contributed by atoms with Gasteiger partial charge >= 0.3 is 0 Å². The van der Waals surface area contributed by atoms with Crippen molar-refractivity contribution in [3.63, 3.8) is 0 Å². The van der Waals surface area contributed by atoms with E-state index in [-0.39, 0.29) is 6.10 Å². The normalized spacial score (nSPS) is 15.5. The Morgan fingerprint density at radius 3 is 2.48 bits per heavy atom. The van der Waals surface area contributed by atoms with Crippen molar-refractivity contribution >= 4 is 23.6 Å². The summed E-state index contributed by atoms with van der Waals surface area (Å²) in [5.41, 5.74) is 2.97. The molecule has 1 heterocycles. The van der Waals surface area contributed by atoms with Gasteiger partial charge in [0, 0.05) is 36.5 Å². The van der Waals surface area contributed by atoms with E-state index in [1.54, 1.807) is 0 Å². The third-order valence-electron chi connectivity index (χ3n) is 4.27. The summed E-state index contributed by atoms with van der Waals surface area (Å²) in [6, 6.07) is 13.4. The van der Waals surface area contributed by atoms with Crippen LogP contribution in [0.1, 0.15) is 28.8 Å². The third-order valence-corrected chi connectivity index (χ3v) is 4.52. The summed E-state index contributed by atoms with van der Waals surface area (Å²) in [5.74, 6) is 0.859. The van der Waals surface area contributed by atoms with Gasteiger partial charge in [0.15, 0.2) is 6.29 Å². The Balaban J connectivity index is 1.65. The average molecular weight is 330 g/mol. The van der Waals surface area contributed by atoms with Gasteiger partial charge in [-0.25, -0.2) is 0 Å². The summed E-state index contributed by atoms with van der Waals surface area (Å²) < 4.78 is 6.03. The predicted molar refractivity (Wildman–Crippen MR) is 93.9 cm³/mol. The second-order valence-electron chi connectivity index (χ2n) is 5.89. The maximum Gasteiger partial charge on any atom is 0.152 e. The predicted octanol–water partition coefficient (Wildman–Crippen LogP) is 4.51. The number of carbonyl (C=O) groups is 1. The van der Waals surface area contributed by atoms with Crippen LogP contribution in [-0.4, -0.2) is 25.5 Å². The first-order valence-electron chi connectivity index (χ1n) is 7.89. The molecule has 0 bridgehead atoms. The molecule has 1 fully saturated rings. The van der Waals surface area contributed by atoms with Crippen molar-refractivity contribution in [2.75, 3.05) is 18.0 Å². The molecular formula is C19H20ClNO2. The van der Waals surface area contributed by atoms with Crippen LogP contribution in [0.25, 0.3) is 0 Å². The highest BCUT2D eigenvalue weighted by Gasteiger charge is 2.23. The van der Waals surface area contributed by atoms with Crippen LogP contribution < -0.4 is 9.64 Å². The van der Waals surface area contributed by atoms with Crippen LogP contribution in [-0.2, 0) is 0 Å². The number of halogens is 1. The Kier molecular flexibility index (Phi) is 4.87. The van der Waals surface area contributed by atoms with Gasteiger partial charge in [0.05, 0.1) is 5.69 Å². The molecule has 3 rings (SSSR count). The van der Waals surface area contributed by atoms with E-state index in [4.69, 9.17) is 16.3 Å². The zero-order valence-electron chi connectivity index (χ0n) is 13.2. The van der Waals surface area contributed by atoms with Crippen LogP contribution in [0.3, 0.4) is 0 Å². The molecule has 0 spiro atoms. The number of carbonyl (C=O) groups excluding carboxylic acids is 1. The van der Waals surface area contributed by atoms with Gasteiger partial charge in [-0.3, -0.25) is 4.79 Å². The average Bonchev–Trinajstić information content (AvgIpc) is 2.57. The third kappa shape index (κ3) is 3.67. The van der Waals surface area contributed by atoms with E-state index >= 15 is 0 Å². The van der Waals surface area contributed by atoms with Crippen LogP contribution in [0, 0.1) is 6.92 Å². The molecule has 0 aliphatic carbocycles. The van der Waals surface area contributed by atoms with E-state index < -0.39 is 0 Å². The number of benzene rings is 2. The number of anilines is 1. The lowest BCUT2D eigenvalue weighted by Crippen LogP contribution is -2.39. The SMILES string of the molecule is Cc1cccc(C=O)c1N1CCC(Oc2ccc(Cl)cc2)CC1. The Hall–Kier alpha value is -2.00. The van der Waals surface area contributed by atoms with Crippen molar-refractivity contribution in [1.29, 1.82) is 0 Å². The van der Waals surface area contributed by atoms with E-state index in [2.05, 4.69) is 17.9 Å². The number of aldehydes is 1. The first-order chi connectivity index (χ1) is 11.2. The molecule has 0 saturated carbocycles. The molecule has 1 saturated heterocycles. The molecule has 3 nitrogen and oxygen atoms in total. The van der Waals surface area contributed by atoms with Gasteiger partial charge in [-0.2, -0.15) is 0 Å². The molecule has 0 unspecified atom stereocenters. The maximum absolute atomic E-state index is 11.3. The van der Waals surface area contributed by atoms with Crippen molar-refractivity contribution in [2.24, 2.45) is 0 Å². The molecule has 0 amide bonds. The molecule has 120 valence electrons. The lowest BCUT2D eigenvalue weighted by molar-refractivity contribution is 0.112. The number of ether oxygens (including phenoxy) is 1. The summed E-state index contributed by atoms with van der Waals surface area (Å²) in [5, 5.41) is 0.716. The number of aryl methyl sites for hydroxylation is 1. The summed E-state index contributed by atoms with van der Waals surface area (Å²) in [6.07, 6.45) is 3.03. The lowest BCUT2D eigenvalue weighted by Gasteiger charge is -2.35. The standard InChI is InChI=1S/C19H20ClNO2/c1-14-3-2-4-15(13-22)19(14)21-11-9-18(10-12-21)23-17-7-5-16(20)6-8-17/h2-8,13,18H,9-12H2,1H3. The number of hydrogen-bond donors (Lipinski definition) is 0. The van der Waals surface area contributed by atoms with Gasteiger partial charge in [0.2, 0.25) is 0 Å². The van der Waals surface area contributed by atoms with Gasteiger partial charge < -0.3 is 9.64 Å². The molecule has 0 radical (unpaired) electrons. The topological polar surface area (TPSA) is 29.5 Å². The van der Waals surface area contributed by atoms with Crippen LogP contribution >= 0.6 is 11.6 Å². The van der Waals surface area contributed by atoms with Gasteiger partial charge in [0.1, 0.15) is 11.9 Å². The Morgan fingerprint density at radius 1 is 1.13 bits per heavy atom. The molecule has 1 aliphatic rings. The van der Waals surface area contributed by atoms with Crippen molar-refractivity contribution in [2.45, 2.75) is 25.9 Å². The van der Waals surface area contributed by atoms with Gasteiger partial charge in [0.25, 0.3) is 0 Å². The molecule has 4 heteroatoms. The molecule has 2 aromatic carbocycles. The van der Waals surface area contributed by atoms with E-state index in [0.717, 1.165) is 54.8 Å². The molecule has 0 atom stereocenters. The van der Waals surface area contributed by atoms with E-state index in [1.807, 2.05) is 36.4 Å². The lowest BCUT2D eigenvalue weighted by atomic mass is 10.0. The number of hydrogen-bond acceptors (Lipinski definition) is 3. The van der Waals surface area contributed by atoms with Crippen LogP contribution in [0.2, 0.25) is 5.02 Å². The highest BCUT2D eigenvalue weighted by atomic mass is 35.5. The zero-order chi connectivity index (χ0) is 16.2. The summed E-state index contributed by atoms with van der Waals surface area (Å²) in [6.45, 7) is 3.84. The second-order valence-corrected chi connectivity index (χ2v) is 6.33. The minimum Gasteiger partial charge on any atom is -0.490 e. The summed E-state index contributed by atoms with van der Waals surface area (Å²) in [7, 11) is 0. The fraction of sp³-hybridized carbons (Fsp3) is 0.316. The smallest absolute Gasteiger partial charge is 0.152 e. The number of nitrogens with zero attached hydrogens (tertiary/aromatic N) is 1. The van der Waals surface area contributed by atoms with Crippen LogP contribution in [0.4, 0.5) is 5.69 Å². The van der Waals surface area contributed by atoms with Gasteiger partial charge in [-0.15, -0.1) is 0 Å². The van der Waals surface area contributed by atoms with Crippen molar-refractivity contribution in [3.8, 4) is 5.75 Å². The first kappa shape index (κ1) is 15.9. The van der Waals surface area contributed by atoms with Gasteiger partial charge in [-0.1, -0.05) is 23.7 Å². The van der Waals surface area contributed by atoms with Gasteiger partial charge in [-0.05, 0) is 42.8 Å². The zero-order valence-corrected chi connectivity index (χ0v) is 13.9. The van der Waals surface area contributed by atoms with E-state index in [1.165, 1.54) is 0 Å². The Morgan fingerprint density at radius 2 is 1.83 bits per heavy atom. The number of rotatable bonds is 4. The first-order valence-corrected chi connectivity index (χ1v) is 8.27. The second kappa shape index (κ2) is 7.05. The Bertz CT molecular complexity index is 676. The molecule has 1 aliphatic heterocycles. The minimum atomic E-state index is 0.205. The highest BCUT2D eigenvalue weighted by Crippen LogP contribution is 2.28. The monoisotopic (exact) mass is 329 g/mol. The quantitative estimate of drug-likeness (QED) is 0.773. The highest BCUT2D eigenvalue weighted by molar-refractivity contribution is 6.30. The molecule has 0 aromatic heterocycles. The van der Waals surface area contributed by atoms with Crippen molar-refractivity contribution in [1.82, 2.24) is 0 Å².